The van der Waals surface area contributed by atoms with Crippen LogP contribution in [0.25, 0.3) is 0 Å². The molecule has 0 unspecified atom stereocenters. The van der Waals surface area contributed by atoms with Crippen molar-refractivity contribution in [3.05, 3.63) is 54.0 Å². The molecule has 0 aliphatic rings. The fourth-order valence-corrected chi connectivity index (χ4v) is 1.96. The van der Waals surface area contributed by atoms with Gasteiger partial charge in [0.15, 0.2) is 0 Å². The maximum absolute atomic E-state index is 12.2. The zero-order valence-corrected chi connectivity index (χ0v) is 11.6. The lowest BCUT2D eigenvalue weighted by Crippen LogP contribution is -2.31. The Balaban J connectivity index is 2.17. The van der Waals surface area contributed by atoms with Crippen LogP contribution in [0.1, 0.15) is 35.8 Å². The molecule has 2 heterocycles. The number of carbonyl (C=O) groups is 1. The third-order valence-corrected chi connectivity index (χ3v) is 3.05. The number of nitrogens with one attached hydrogen (secondary N) is 1. The van der Waals surface area contributed by atoms with Crippen molar-refractivity contribution in [1.29, 1.82) is 0 Å². The van der Waals surface area contributed by atoms with Crippen LogP contribution >= 0.6 is 0 Å². The average Bonchev–Trinajstić information content (AvgIpc) is 2.46. The number of aromatic nitrogens is 2. The monoisotopic (exact) mass is 270 g/mol. The van der Waals surface area contributed by atoms with E-state index in [0.29, 0.717) is 11.4 Å². The number of rotatable bonds is 4. The first-order valence-corrected chi connectivity index (χ1v) is 6.50. The van der Waals surface area contributed by atoms with Crippen molar-refractivity contribution in [3.63, 3.8) is 0 Å². The van der Waals surface area contributed by atoms with Crippen molar-refractivity contribution < 1.29 is 4.79 Å². The molecule has 0 saturated heterocycles. The molecule has 0 fully saturated rings. The summed E-state index contributed by atoms with van der Waals surface area (Å²) < 4.78 is 0. The van der Waals surface area contributed by atoms with E-state index in [0.717, 1.165) is 5.56 Å². The molecule has 0 saturated carbocycles. The van der Waals surface area contributed by atoms with E-state index in [4.69, 9.17) is 5.73 Å². The van der Waals surface area contributed by atoms with Gasteiger partial charge in [0, 0.05) is 18.6 Å². The van der Waals surface area contributed by atoms with Crippen LogP contribution in [0.4, 0.5) is 5.82 Å². The normalized spacial score (nSPS) is 12.2. The van der Waals surface area contributed by atoms with Crippen molar-refractivity contribution >= 4 is 11.7 Å². The minimum absolute atomic E-state index is 0.0891. The van der Waals surface area contributed by atoms with Gasteiger partial charge in [0.25, 0.3) is 5.91 Å². The first-order chi connectivity index (χ1) is 9.58. The summed E-state index contributed by atoms with van der Waals surface area (Å²) >= 11 is 0. The van der Waals surface area contributed by atoms with Crippen LogP contribution in [0.15, 0.2) is 42.9 Å². The lowest BCUT2D eigenvalue weighted by molar-refractivity contribution is 0.0925. The molecule has 104 valence electrons. The lowest BCUT2D eigenvalue weighted by atomic mass is 9.97. The van der Waals surface area contributed by atoms with E-state index in [9.17, 15) is 4.79 Å². The average molecular weight is 270 g/mol. The van der Waals surface area contributed by atoms with Gasteiger partial charge in [0.1, 0.15) is 5.82 Å². The number of anilines is 1. The number of amides is 1. The summed E-state index contributed by atoms with van der Waals surface area (Å²) in [6.45, 7) is 4.11. The number of hydrogen-bond acceptors (Lipinski definition) is 4. The molecule has 0 aliphatic heterocycles. The Labute approximate surface area is 118 Å². The fourth-order valence-electron chi connectivity index (χ4n) is 1.96. The maximum atomic E-state index is 12.2. The van der Waals surface area contributed by atoms with Crippen molar-refractivity contribution in [2.45, 2.75) is 19.9 Å². The molecule has 1 atom stereocenters. The predicted octanol–water partition coefficient (Wildman–Crippen LogP) is 2.19. The van der Waals surface area contributed by atoms with Gasteiger partial charge in [0.2, 0.25) is 0 Å². The molecule has 3 N–H and O–H groups in total. The smallest absolute Gasteiger partial charge is 0.253 e. The van der Waals surface area contributed by atoms with Gasteiger partial charge in [0.05, 0.1) is 11.6 Å². The Morgan fingerprint density at radius 2 is 2.05 bits per heavy atom. The predicted molar refractivity (Wildman–Crippen MR) is 77.9 cm³/mol. The van der Waals surface area contributed by atoms with Gasteiger partial charge in [-0.2, -0.15) is 0 Å². The van der Waals surface area contributed by atoms with Crippen molar-refractivity contribution in [2.75, 3.05) is 5.73 Å². The Morgan fingerprint density at radius 3 is 2.60 bits per heavy atom. The highest BCUT2D eigenvalue weighted by molar-refractivity contribution is 5.94. The van der Waals surface area contributed by atoms with E-state index >= 15 is 0 Å². The molecule has 0 aliphatic carbocycles. The van der Waals surface area contributed by atoms with Crippen LogP contribution < -0.4 is 11.1 Å². The van der Waals surface area contributed by atoms with E-state index in [2.05, 4.69) is 29.1 Å². The molecule has 0 bridgehead atoms. The quantitative estimate of drug-likeness (QED) is 0.892. The van der Waals surface area contributed by atoms with Crippen LogP contribution in [0.3, 0.4) is 0 Å². The Kier molecular flexibility index (Phi) is 4.30. The summed E-state index contributed by atoms with van der Waals surface area (Å²) in [6, 6.07) is 7.01. The minimum Gasteiger partial charge on any atom is -0.384 e. The van der Waals surface area contributed by atoms with Gasteiger partial charge in [-0.1, -0.05) is 19.9 Å². The van der Waals surface area contributed by atoms with Crippen molar-refractivity contribution in [3.8, 4) is 0 Å². The SMILES string of the molecule is CC(C)[C@H](NC(=O)c1ccc(N)nc1)c1cccnc1. The fraction of sp³-hybridized carbons (Fsp3) is 0.267. The number of nitrogens with zero attached hydrogens (tertiary/aromatic N) is 2. The molecule has 5 nitrogen and oxygen atoms in total. The van der Waals surface area contributed by atoms with E-state index in [1.54, 1.807) is 24.5 Å². The van der Waals surface area contributed by atoms with Crippen LogP contribution in [0, 0.1) is 5.92 Å². The second-order valence-corrected chi connectivity index (χ2v) is 4.95. The molecule has 0 radical (unpaired) electrons. The summed E-state index contributed by atoms with van der Waals surface area (Å²) in [7, 11) is 0. The van der Waals surface area contributed by atoms with E-state index in [-0.39, 0.29) is 17.9 Å². The van der Waals surface area contributed by atoms with Gasteiger partial charge in [-0.15, -0.1) is 0 Å². The topological polar surface area (TPSA) is 80.9 Å². The lowest BCUT2D eigenvalue weighted by Gasteiger charge is -2.22. The van der Waals surface area contributed by atoms with E-state index in [1.165, 1.54) is 6.20 Å². The van der Waals surface area contributed by atoms with Crippen LogP contribution in [-0.4, -0.2) is 15.9 Å². The zero-order valence-electron chi connectivity index (χ0n) is 11.6. The third kappa shape index (κ3) is 3.32. The maximum Gasteiger partial charge on any atom is 0.253 e. The summed E-state index contributed by atoms with van der Waals surface area (Å²) in [4.78, 5) is 20.3. The summed E-state index contributed by atoms with van der Waals surface area (Å²) in [5.74, 6) is 0.485. The van der Waals surface area contributed by atoms with Gasteiger partial charge >= 0.3 is 0 Å². The molecule has 20 heavy (non-hydrogen) atoms. The molecule has 0 aromatic carbocycles. The first kappa shape index (κ1) is 14.0. The zero-order chi connectivity index (χ0) is 14.5. The molecule has 2 aromatic rings. The number of hydrogen-bond donors (Lipinski definition) is 2. The minimum atomic E-state index is -0.167. The van der Waals surface area contributed by atoms with Crippen molar-refractivity contribution in [2.24, 2.45) is 5.92 Å². The highest BCUT2D eigenvalue weighted by Crippen LogP contribution is 2.21. The largest absolute Gasteiger partial charge is 0.384 e. The Bertz CT molecular complexity index is 566. The van der Waals surface area contributed by atoms with E-state index in [1.807, 2.05) is 12.1 Å². The number of nitrogens with two attached hydrogens (primary N) is 1. The summed E-state index contributed by atoms with van der Waals surface area (Å²) in [5.41, 5.74) is 7.00. The number of pyridine rings is 2. The van der Waals surface area contributed by atoms with Crippen LogP contribution in [-0.2, 0) is 0 Å². The highest BCUT2D eigenvalue weighted by atomic mass is 16.1. The van der Waals surface area contributed by atoms with E-state index < -0.39 is 0 Å². The Hall–Kier alpha value is -2.43. The summed E-state index contributed by atoms with van der Waals surface area (Å²) in [6.07, 6.45) is 4.96. The third-order valence-electron chi connectivity index (χ3n) is 3.05. The van der Waals surface area contributed by atoms with Crippen LogP contribution in [0.2, 0.25) is 0 Å². The molecular formula is C15H18N4O. The number of carbonyl (C=O) groups excluding carboxylic acids is 1. The molecule has 1 amide bonds. The van der Waals surface area contributed by atoms with Crippen molar-refractivity contribution in [1.82, 2.24) is 15.3 Å². The summed E-state index contributed by atoms with van der Waals surface area (Å²) in [5, 5.41) is 3.01. The molecule has 0 spiro atoms. The van der Waals surface area contributed by atoms with Gasteiger partial charge < -0.3 is 11.1 Å². The van der Waals surface area contributed by atoms with Gasteiger partial charge in [-0.25, -0.2) is 4.98 Å². The van der Waals surface area contributed by atoms with Gasteiger partial charge in [-0.3, -0.25) is 9.78 Å². The standard InChI is InChI=1S/C15H18N4O/c1-10(2)14(11-4-3-7-17-8-11)19-15(20)12-5-6-13(16)18-9-12/h3-10,14H,1-2H3,(H2,16,18)(H,19,20)/t14-/m0/s1. The molecule has 2 rings (SSSR count). The second kappa shape index (κ2) is 6.14. The highest BCUT2D eigenvalue weighted by Gasteiger charge is 2.19. The number of nitrogen functional groups attached to an aromatic ring is 1. The molecule has 2 aromatic heterocycles. The molecular weight excluding hydrogens is 252 g/mol. The van der Waals surface area contributed by atoms with Crippen LogP contribution in [0.5, 0.6) is 0 Å². The Morgan fingerprint density at radius 1 is 1.25 bits per heavy atom. The second-order valence-electron chi connectivity index (χ2n) is 4.95. The molecule has 5 heteroatoms. The first-order valence-electron chi connectivity index (χ1n) is 6.50. The van der Waals surface area contributed by atoms with Gasteiger partial charge in [-0.05, 0) is 29.7 Å².